The van der Waals surface area contributed by atoms with Gasteiger partial charge in [-0.1, -0.05) is 19.8 Å². The number of hydrogen-bond donors (Lipinski definition) is 3. The van der Waals surface area contributed by atoms with Crippen molar-refractivity contribution in [2.45, 2.75) is 74.8 Å². The predicted octanol–water partition coefficient (Wildman–Crippen LogP) is 3.43. The van der Waals surface area contributed by atoms with Crippen LogP contribution in [0.1, 0.15) is 71.1 Å². The molecule has 0 saturated heterocycles. The maximum Gasteiger partial charge on any atom is 0.394 e. The maximum atomic E-state index is 8.74. The maximum absolute atomic E-state index is 8.74. The summed E-state index contributed by atoms with van der Waals surface area (Å²) in [6, 6.07) is 0. The van der Waals surface area contributed by atoms with Gasteiger partial charge in [0.15, 0.2) is 0 Å². The van der Waals surface area contributed by atoms with Crippen LogP contribution in [-0.4, -0.2) is 58.5 Å². The Morgan fingerprint density at radius 2 is 1.19 bits per heavy atom. The quantitative estimate of drug-likeness (QED) is 0.273. The van der Waals surface area contributed by atoms with E-state index in [1.807, 2.05) is 0 Å². The Kier molecular flexibility index (Phi) is 21.7. The third kappa shape index (κ3) is 38.6. The number of nitrogens with one attached hydrogen (secondary N) is 1. The van der Waals surface area contributed by atoms with Crippen LogP contribution >= 0.6 is 0 Å². The summed E-state index contributed by atoms with van der Waals surface area (Å²) in [6.45, 7) is 4.79. The normalized spacial score (nSPS) is 11.1. The fraction of sp³-hybridized carbons (Fsp3) is 1.00. The zero-order valence-corrected chi connectivity index (χ0v) is 16.6. The summed E-state index contributed by atoms with van der Waals surface area (Å²) < 4.78 is 33.0. The molecule has 0 aromatic heterocycles. The van der Waals surface area contributed by atoms with E-state index in [4.69, 9.17) is 17.5 Å². The van der Waals surface area contributed by atoms with Crippen LogP contribution in [0.2, 0.25) is 3.67 Å². The van der Waals surface area contributed by atoms with E-state index in [0.29, 0.717) is 0 Å². The molecule has 0 rings (SSSR count). The van der Waals surface area contributed by atoms with Gasteiger partial charge in [0.2, 0.25) is 0 Å². The van der Waals surface area contributed by atoms with E-state index < -0.39 is 10.4 Å². The summed E-state index contributed by atoms with van der Waals surface area (Å²) in [7, 11) is -4.67. The van der Waals surface area contributed by atoms with Gasteiger partial charge in [0.05, 0.1) is 0 Å². The smallest absolute Gasteiger partial charge is 0.264 e. The second-order valence-corrected chi connectivity index (χ2v) is 7.28. The molecule has 0 aromatic carbocycles. The van der Waals surface area contributed by atoms with Crippen LogP contribution in [-0.2, 0) is 10.4 Å². The van der Waals surface area contributed by atoms with Gasteiger partial charge in [-0.05, 0) is 0 Å². The van der Waals surface area contributed by atoms with Crippen molar-refractivity contribution in [3.05, 3.63) is 0 Å². The second-order valence-electron chi connectivity index (χ2n) is 5.38. The molecule has 0 aliphatic heterocycles. The summed E-state index contributed by atoms with van der Waals surface area (Å²) in [5.74, 6) is 0. The molecule has 0 bridgehead atoms. The van der Waals surface area contributed by atoms with Gasteiger partial charge in [-0.3, -0.25) is 9.11 Å². The molecule has 5 nitrogen and oxygen atoms in total. The Balaban J connectivity index is 0. The fourth-order valence-electron chi connectivity index (χ4n) is 2.04. The van der Waals surface area contributed by atoms with Crippen molar-refractivity contribution in [1.82, 2.24) is 5.32 Å². The minimum Gasteiger partial charge on any atom is -0.264 e. The molecule has 0 fully saturated rings. The van der Waals surface area contributed by atoms with Crippen molar-refractivity contribution in [3.8, 4) is 0 Å². The second kappa shape index (κ2) is 18.9. The van der Waals surface area contributed by atoms with E-state index in [2.05, 4.69) is 12.2 Å². The molecule has 0 aromatic rings. The van der Waals surface area contributed by atoms with Crippen molar-refractivity contribution in [3.63, 3.8) is 0 Å². The third-order valence-corrected chi connectivity index (χ3v) is 3.63. The van der Waals surface area contributed by atoms with E-state index in [1.165, 1.54) is 109 Å². The Morgan fingerprint density at radius 1 is 0.810 bits per heavy atom. The molecule has 124 valence electrons. The van der Waals surface area contributed by atoms with E-state index in [0.717, 1.165) is 0 Å². The zero-order chi connectivity index (χ0) is 16.4. The molecule has 0 unspecified atom stereocenters. The molecule has 0 amide bonds. The minimum atomic E-state index is -4.67. The molecular weight excluding hydrogens is 301 g/mol. The van der Waals surface area contributed by atoms with Crippen molar-refractivity contribution in [1.29, 1.82) is 0 Å². The topological polar surface area (TPSA) is 86.6 Å². The predicted molar refractivity (Wildman–Crippen MR) is 89.5 cm³/mol. The number of unbranched alkanes of at least 4 members (excludes halogenated alkanes) is 9. The Bertz CT molecular complexity index is 265. The first kappa shape index (κ1) is 24.1. The van der Waals surface area contributed by atoms with E-state index >= 15 is 0 Å². The molecule has 21 heavy (non-hydrogen) atoms. The van der Waals surface area contributed by atoms with Gasteiger partial charge in [0.25, 0.3) is 0 Å². The SMILES string of the molecule is CCCCCCCCCCCCNC[CH2][Na].O=S(=O)(O)O. The monoisotopic (exact) mass is 333 g/mol. The van der Waals surface area contributed by atoms with Crippen LogP contribution in [0.5, 0.6) is 0 Å². The van der Waals surface area contributed by atoms with Gasteiger partial charge in [-0.2, -0.15) is 8.42 Å². The Morgan fingerprint density at radius 3 is 1.57 bits per heavy atom. The van der Waals surface area contributed by atoms with E-state index in [9.17, 15) is 0 Å². The molecular formula is C14H32NNaO4S. The molecule has 3 N–H and O–H groups in total. The van der Waals surface area contributed by atoms with Gasteiger partial charge < -0.3 is 0 Å². The van der Waals surface area contributed by atoms with Crippen LogP contribution in [0.3, 0.4) is 0 Å². The fourth-order valence-corrected chi connectivity index (χ4v) is 2.39. The summed E-state index contributed by atoms with van der Waals surface area (Å²) in [5, 5.41) is 3.50. The van der Waals surface area contributed by atoms with Gasteiger partial charge in [-0.15, -0.1) is 0 Å². The van der Waals surface area contributed by atoms with Crippen molar-refractivity contribution >= 4 is 38.3 Å². The standard InChI is InChI=1S/C14H30N.Na.H2O4S/c1-3-5-6-7-8-9-10-11-12-13-14-15-4-2;;1-5(2,3)4/h15H,2-14H2,1H3;;(H2,1,2,3,4). The summed E-state index contributed by atoms with van der Waals surface area (Å²) >= 11 is 1.35. The molecule has 0 aliphatic carbocycles. The van der Waals surface area contributed by atoms with E-state index in [-0.39, 0.29) is 0 Å². The molecule has 0 saturated carbocycles. The third-order valence-electron chi connectivity index (χ3n) is 3.13. The van der Waals surface area contributed by atoms with Crippen molar-refractivity contribution < 1.29 is 17.5 Å². The van der Waals surface area contributed by atoms with Gasteiger partial charge >= 0.3 is 112 Å². The first-order valence-corrected chi connectivity index (χ1v) is 11.1. The molecule has 0 radical (unpaired) electrons. The summed E-state index contributed by atoms with van der Waals surface area (Å²) in [6.07, 6.45) is 14.4. The van der Waals surface area contributed by atoms with Gasteiger partial charge in [0.1, 0.15) is 0 Å². The largest absolute Gasteiger partial charge is 0.394 e. The minimum absolute atomic E-state index is 1.25. The molecule has 0 atom stereocenters. The molecule has 7 heteroatoms. The zero-order valence-electron chi connectivity index (χ0n) is 13.8. The van der Waals surface area contributed by atoms with Crippen molar-refractivity contribution in [2.75, 3.05) is 13.1 Å². The summed E-state index contributed by atoms with van der Waals surface area (Å²) in [4.78, 5) is 0. The first-order chi connectivity index (χ1) is 9.91. The van der Waals surface area contributed by atoms with Crippen LogP contribution < -0.4 is 5.32 Å². The van der Waals surface area contributed by atoms with E-state index in [1.54, 1.807) is 0 Å². The van der Waals surface area contributed by atoms with Gasteiger partial charge in [-0.25, -0.2) is 0 Å². The van der Waals surface area contributed by atoms with Crippen LogP contribution in [0.4, 0.5) is 0 Å². The van der Waals surface area contributed by atoms with Crippen LogP contribution in [0, 0.1) is 0 Å². The average Bonchev–Trinajstić information content (AvgIpc) is 2.38. The number of hydrogen-bond acceptors (Lipinski definition) is 3. The van der Waals surface area contributed by atoms with Crippen LogP contribution in [0.15, 0.2) is 0 Å². The molecule has 0 spiro atoms. The van der Waals surface area contributed by atoms with Crippen LogP contribution in [0.25, 0.3) is 0 Å². The molecule has 0 heterocycles. The Labute approximate surface area is 148 Å². The average molecular weight is 333 g/mol. The van der Waals surface area contributed by atoms with Gasteiger partial charge in [0, 0.05) is 0 Å². The summed E-state index contributed by atoms with van der Waals surface area (Å²) in [5.41, 5.74) is 0. The van der Waals surface area contributed by atoms with Crippen molar-refractivity contribution in [2.24, 2.45) is 0 Å². The number of rotatable bonds is 13. The molecule has 0 aliphatic rings. The first-order valence-electron chi connectivity index (χ1n) is 8.32. The Hall–Kier alpha value is 0.830.